The molecule has 0 heterocycles. The third-order valence-electron chi connectivity index (χ3n) is 2.37. The highest BCUT2D eigenvalue weighted by atomic mass is 19.1. The summed E-state index contributed by atoms with van der Waals surface area (Å²) in [4.78, 5) is 22.4. The molecule has 0 aliphatic heterocycles. The summed E-state index contributed by atoms with van der Waals surface area (Å²) in [7, 11) is 1.30. The molecule has 18 heavy (non-hydrogen) atoms. The molecule has 0 saturated heterocycles. The van der Waals surface area contributed by atoms with E-state index in [1.165, 1.54) is 25.3 Å². The molecule has 1 aromatic rings. The van der Waals surface area contributed by atoms with Gasteiger partial charge in [0.15, 0.2) is 0 Å². The average molecular weight is 254 g/mol. The molecule has 0 aliphatic carbocycles. The Labute approximate surface area is 105 Å². The Bertz CT molecular complexity index is 443. The summed E-state index contributed by atoms with van der Waals surface area (Å²) in [6, 6.07) is 4.12. The highest BCUT2D eigenvalue weighted by molar-refractivity contribution is 5.89. The van der Waals surface area contributed by atoms with Gasteiger partial charge in [0.1, 0.15) is 5.82 Å². The molecule has 0 atom stereocenters. The molecule has 0 fully saturated rings. The van der Waals surface area contributed by atoms with Crippen LogP contribution in [0.1, 0.15) is 29.3 Å². The summed E-state index contributed by atoms with van der Waals surface area (Å²) >= 11 is 0. The van der Waals surface area contributed by atoms with Crippen molar-refractivity contribution in [2.45, 2.75) is 19.8 Å². The highest BCUT2D eigenvalue weighted by Crippen LogP contribution is 2.13. The lowest BCUT2D eigenvalue weighted by Crippen LogP contribution is -2.08. The van der Waals surface area contributed by atoms with Gasteiger partial charge in [0, 0.05) is 6.42 Å². The van der Waals surface area contributed by atoms with Gasteiger partial charge in [-0.2, -0.15) is 0 Å². The van der Waals surface area contributed by atoms with E-state index in [0.29, 0.717) is 12.0 Å². The molecule has 0 aromatic heterocycles. The molecule has 0 spiro atoms. The van der Waals surface area contributed by atoms with Gasteiger partial charge in [0.05, 0.1) is 19.3 Å². The molecule has 1 aromatic carbocycles. The Morgan fingerprint density at radius 1 is 1.33 bits per heavy atom. The molecule has 98 valence electrons. The van der Waals surface area contributed by atoms with Crippen LogP contribution in [-0.4, -0.2) is 25.7 Å². The predicted octanol–water partition coefficient (Wildman–Crippen LogP) is 2.11. The van der Waals surface area contributed by atoms with E-state index in [-0.39, 0.29) is 24.6 Å². The second kappa shape index (κ2) is 6.74. The lowest BCUT2D eigenvalue weighted by Gasteiger charge is -2.06. The monoisotopic (exact) mass is 254 g/mol. The fraction of sp³-hybridized carbons (Fsp3) is 0.385. The number of hydrogen-bond acceptors (Lipinski definition) is 4. The molecule has 0 aliphatic rings. The first-order chi connectivity index (χ1) is 8.58. The number of carbonyl (C=O) groups excluding carboxylic acids is 2. The van der Waals surface area contributed by atoms with Gasteiger partial charge in [-0.25, -0.2) is 9.18 Å². The van der Waals surface area contributed by atoms with Crippen LogP contribution in [-0.2, 0) is 20.7 Å². The van der Waals surface area contributed by atoms with Crippen molar-refractivity contribution in [1.82, 2.24) is 0 Å². The maximum atomic E-state index is 13.4. The van der Waals surface area contributed by atoms with Crippen molar-refractivity contribution in [3.63, 3.8) is 0 Å². The van der Waals surface area contributed by atoms with Gasteiger partial charge in [-0.15, -0.1) is 0 Å². The van der Waals surface area contributed by atoms with Crippen LogP contribution in [0.2, 0.25) is 0 Å². The van der Waals surface area contributed by atoms with Crippen LogP contribution in [0, 0.1) is 5.82 Å². The number of benzene rings is 1. The average Bonchev–Trinajstić information content (AvgIpc) is 2.37. The molecule has 0 amide bonds. The third-order valence-corrected chi connectivity index (χ3v) is 2.37. The predicted molar refractivity (Wildman–Crippen MR) is 62.7 cm³/mol. The Balaban J connectivity index is 2.80. The fourth-order valence-electron chi connectivity index (χ4n) is 1.44. The molecule has 0 bridgehead atoms. The zero-order valence-electron chi connectivity index (χ0n) is 10.4. The van der Waals surface area contributed by atoms with Gasteiger partial charge in [0.25, 0.3) is 0 Å². The molecule has 0 N–H and O–H groups in total. The van der Waals surface area contributed by atoms with Crippen molar-refractivity contribution < 1.29 is 23.5 Å². The van der Waals surface area contributed by atoms with E-state index < -0.39 is 11.8 Å². The number of carbonyl (C=O) groups is 2. The lowest BCUT2D eigenvalue weighted by molar-refractivity contribution is -0.140. The van der Waals surface area contributed by atoms with Crippen LogP contribution >= 0.6 is 0 Å². The zero-order valence-corrected chi connectivity index (χ0v) is 10.4. The highest BCUT2D eigenvalue weighted by Gasteiger charge is 2.13. The van der Waals surface area contributed by atoms with E-state index in [0.717, 1.165) is 0 Å². The van der Waals surface area contributed by atoms with Crippen LogP contribution in [0.25, 0.3) is 0 Å². The van der Waals surface area contributed by atoms with Gasteiger partial charge >= 0.3 is 11.9 Å². The summed E-state index contributed by atoms with van der Waals surface area (Å²) in [5.74, 6) is -1.68. The van der Waals surface area contributed by atoms with Gasteiger partial charge < -0.3 is 9.47 Å². The molecule has 1 rings (SSSR count). The van der Waals surface area contributed by atoms with E-state index >= 15 is 0 Å². The molecule has 5 heteroatoms. The molecule has 0 unspecified atom stereocenters. The Morgan fingerprint density at radius 2 is 2.06 bits per heavy atom. The number of esters is 2. The zero-order chi connectivity index (χ0) is 13.5. The van der Waals surface area contributed by atoms with Crippen LogP contribution in [0.3, 0.4) is 0 Å². The van der Waals surface area contributed by atoms with Crippen molar-refractivity contribution >= 4 is 11.9 Å². The van der Waals surface area contributed by atoms with E-state index in [9.17, 15) is 14.0 Å². The van der Waals surface area contributed by atoms with Crippen molar-refractivity contribution in [3.05, 3.63) is 35.1 Å². The molecular formula is C13H15FO4. The van der Waals surface area contributed by atoms with Crippen molar-refractivity contribution in [2.75, 3.05) is 13.7 Å². The van der Waals surface area contributed by atoms with E-state index in [1.807, 2.05) is 0 Å². The Hall–Kier alpha value is -1.91. The van der Waals surface area contributed by atoms with Crippen LogP contribution in [0.4, 0.5) is 4.39 Å². The van der Waals surface area contributed by atoms with Crippen LogP contribution in [0.15, 0.2) is 18.2 Å². The second-order valence-electron chi connectivity index (χ2n) is 3.61. The SMILES string of the molecule is CCOC(=O)c1cc(CCC(=O)OC)ccc1F. The number of ether oxygens (including phenoxy) is 2. The summed E-state index contributed by atoms with van der Waals surface area (Å²) < 4.78 is 22.7. The normalized spacial score (nSPS) is 9.94. The van der Waals surface area contributed by atoms with Gasteiger partial charge in [0.2, 0.25) is 0 Å². The first kappa shape index (κ1) is 14.2. The summed E-state index contributed by atoms with van der Waals surface area (Å²) in [5, 5.41) is 0. The number of hydrogen-bond donors (Lipinski definition) is 0. The standard InChI is InChI=1S/C13H15FO4/c1-3-18-13(16)10-8-9(4-6-11(10)14)5-7-12(15)17-2/h4,6,8H,3,5,7H2,1-2H3. The minimum Gasteiger partial charge on any atom is -0.469 e. The topological polar surface area (TPSA) is 52.6 Å². The number of rotatable bonds is 5. The van der Waals surface area contributed by atoms with Crippen LogP contribution < -0.4 is 0 Å². The molecule has 4 nitrogen and oxygen atoms in total. The maximum absolute atomic E-state index is 13.4. The molecular weight excluding hydrogens is 239 g/mol. The smallest absolute Gasteiger partial charge is 0.341 e. The summed E-state index contributed by atoms with van der Waals surface area (Å²) in [6.45, 7) is 1.83. The second-order valence-corrected chi connectivity index (χ2v) is 3.61. The van der Waals surface area contributed by atoms with Gasteiger partial charge in [-0.05, 0) is 31.0 Å². The maximum Gasteiger partial charge on any atom is 0.341 e. The van der Waals surface area contributed by atoms with Crippen molar-refractivity contribution in [1.29, 1.82) is 0 Å². The minimum atomic E-state index is -0.699. The minimum absolute atomic E-state index is 0.112. The number of aryl methyl sites for hydroxylation is 1. The van der Waals surface area contributed by atoms with Crippen molar-refractivity contribution in [3.8, 4) is 0 Å². The lowest BCUT2D eigenvalue weighted by atomic mass is 10.1. The summed E-state index contributed by atoms with van der Waals surface area (Å²) in [6.07, 6.45) is 0.573. The Kier molecular flexibility index (Phi) is 5.30. The summed E-state index contributed by atoms with van der Waals surface area (Å²) in [5.41, 5.74) is 0.573. The van der Waals surface area contributed by atoms with Crippen LogP contribution in [0.5, 0.6) is 0 Å². The fourth-order valence-corrected chi connectivity index (χ4v) is 1.44. The number of halogens is 1. The first-order valence-electron chi connectivity index (χ1n) is 5.60. The first-order valence-corrected chi connectivity index (χ1v) is 5.60. The van der Waals surface area contributed by atoms with Gasteiger partial charge in [-0.3, -0.25) is 4.79 Å². The van der Waals surface area contributed by atoms with E-state index in [1.54, 1.807) is 6.92 Å². The van der Waals surface area contributed by atoms with E-state index in [4.69, 9.17) is 4.74 Å². The van der Waals surface area contributed by atoms with Gasteiger partial charge in [-0.1, -0.05) is 6.07 Å². The largest absolute Gasteiger partial charge is 0.469 e. The quantitative estimate of drug-likeness (QED) is 0.755. The number of methoxy groups -OCH3 is 1. The molecule has 0 radical (unpaired) electrons. The molecule has 0 saturated carbocycles. The Morgan fingerprint density at radius 3 is 2.67 bits per heavy atom. The van der Waals surface area contributed by atoms with Crippen molar-refractivity contribution in [2.24, 2.45) is 0 Å². The third kappa shape index (κ3) is 3.84. The van der Waals surface area contributed by atoms with E-state index in [2.05, 4.69) is 4.74 Å².